The first-order valence-corrected chi connectivity index (χ1v) is 7.51. The second-order valence-electron chi connectivity index (χ2n) is 6.32. The smallest absolute Gasteiger partial charge is 0.138 e. The molecule has 0 saturated heterocycles. The third-order valence-corrected chi connectivity index (χ3v) is 4.33. The van der Waals surface area contributed by atoms with Crippen LogP contribution in [0.15, 0.2) is 0 Å². The van der Waals surface area contributed by atoms with E-state index in [1.54, 1.807) is 0 Å². The Morgan fingerprint density at radius 1 is 0.944 bits per heavy atom. The van der Waals surface area contributed by atoms with Crippen LogP contribution in [-0.4, -0.2) is 11.6 Å². The molecule has 0 heterocycles. The van der Waals surface area contributed by atoms with Gasteiger partial charge in [-0.1, -0.05) is 40.5 Å². The van der Waals surface area contributed by atoms with Gasteiger partial charge < -0.3 is 0 Å². The lowest BCUT2D eigenvalue weighted by Crippen LogP contribution is -2.22. The van der Waals surface area contributed by atoms with Crippen LogP contribution in [-0.2, 0) is 9.59 Å². The van der Waals surface area contributed by atoms with Crippen LogP contribution in [0, 0.1) is 23.7 Å². The van der Waals surface area contributed by atoms with Gasteiger partial charge in [0.2, 0.25) is 0 Å². The van der Waals surface area contributed by atoms with E-state index in [0.29, 0.717) is 17.5 Å². The molecule has 2 unspecified atom stereocenters. The molecule has 0 N–H and O–H groups in total. The molecule has 1 aliphatic rings. The molecule has 1 aliphatic carbocycles. The lowest BCUT2D eigenvalue weighted by molar-refractivity contribution is -0.128. The Morgan fingerprint density at radius 3 is 1.94 bits per heavy atom. The normalized spacial score (nSPS) is 20.1. The first kappa shape index (κ1) is 15.4. The quantitative estimate of drug-likeness (QED) is 0.685. The number of hydrogen-bond acceptors (Lipinski definition) is 2. The Bertz CT molecular complexity index is 287. The Morgan fingerprint density at radius 2 is 1.44 bits per heavy atom. The van der Waals surface area contributed by atoms with Crippen molar-refractivity contribution in [1.82, 2.24) is 0 Å². The number of hydrogen-bond donors (Lipinski definition) is 0. The van der Waals surface area contributed by atoms with E-state index < -0.39 is 0 Å². The highest BCUT2D eigenvalue weighted by Gasteiger charge is 2.27. The minimum absolute atomic E-state index is 0.101. The molecule has 0 aromatic rings. The third kappa shape index (κ3) is 4.22. The van der Waals surface area contributed by atoms with Crippen molar-refractivity contribution < 1.29 is 9.59 Å². The van der Waals surface area contributed by atoms with Crippen molar-refractivity contribution in [2.45, 2.75) is 66.2 Å². The largest absolute Gasteiger partial charge is 0.299 e. The first-order chi connectivity index (χ1) is 8.43. The van der Waals surface area contributed by atoms with Gasteiger partial charge in [-0.15, -0.1) is 0 Å². The maximum atomic E-state index is 12.2. The summed E-state index contributed by atoms with van der Waals surface area (Å²) < 4.78 is 0. The van der Waals surface area contributed by atoms with Crippen molar-refractivity contribution in [3.05, 3.63) is 0 Å². The molecule has 0 amide bonds. The van der Waals surface area contributed by atoms with Crippen LogP contribution in [0.2, 0.25) is 0 Å². The van der Waals surface area contributed by atoms with Gasteiger partial charge in [0.1, 0.15) is 11.6 Å². The van der Waals surface area contributed by atoms with E-state index in [4.69, 9.17) is 0 Å². The molecular weight excluding hydrogens is 224 g/mol. The van der Waals surface area contributed by atoms with Gasteiger partial charge in [0, 0.05) is 23.7 Å². The predicted octanol–water partition coefficient (Wildman–Crippen LogP) is 4.02. The molecule has 2 nitrogen and oxygen atoms in total. The standard InChI is InChI=1S/C16H28O2/c1-11(2)15(17)12(3)9-10-13(4)16(18)14-7-5-6-8-14/h11-14H,5-10H2,1-4H3. The van der Waals surface area contributed by atoms with Crippen molar-refractivity contribution in [3.8, 4) is 0 Å². The van der Waals surface area contributed by atoms with Crippen LogP contribution in [0.1, 0.15) is 66.2 Å². The Kier molecular flexibility index (Phi) is 6.04. The number of Topliss-reactive ketones (excluding diaryl/α,β-unsaturated/α-hetero) is 2. The van der Waals surface area contributed by atoms with Crippen LogP contribution in [0.4, 0.5) is 0 Å². The summed E-state index contributed by atoms with van der Waals surface area (Å²) in [6.45, 7) is 7.93. The van der Waals surface area contributed by atoms with E-state index in [1.807, 2.05) is 27.7 Å². The number of ketones is 2. The lowest BCUT2D eigenvalue weighted by atomic mass is 9.85. The number of carbonyl (C=O) groups excluding carboxylic acids is 2. The SMILES string of the molecule is CC(C)C(=O)C(C)CCC(C)C(=O)C1CCCC1. The van der Waals surface area contributed by atoms with Crippen molar-refractivity contribution in [3.63, 3.8) is 0 Å². The van der Waals surface area contributed by atoms with E-state index in [0.717, 1.165) is 25.7 Å². The summed E-state index contributed by atoms with van der Waals surface area (Å²) in [5, 5.41) is 0. The monoisotopic (exact) mass is 252 g/mol. The molecule has 0 aromatic heterocycles. The van der Waals surface area contributed by atoms with Gasteiger partial charge in [0.25, 0.3) is 0 Å². The van der Waals surface area contributed by atoms with Gasteiger partial charge in [-0.25, -0.2) is 0 Å². The van der Waals surface area contributed by atoms with Crippen LogP contribution in [0.5, 0.6) is 0 Å². The molecule has 1 rings (SSSR count). The zero-order valence-corrected chi connectivity index (χ0v) is 12.4. The van der Waals surface area contributed by atoms with E-state index in [2.05, 4.69) is 0 Å². The molecule has 0 radical (unpaired) electrons. The zero-order chi connectivity index (χ0) is 13.7. The first-order valence-electron chi connectivity index (χ1n) is 7.51. The van der Waals surface area contributed by atoms with Crippen molar-refractivity contribution in [2.24, 2.45) is 23.7 Å². The van der Waals surface area contributed by atoms with Crippen LogP contribution in [0.3, 0.4) is 0 Å². The molecule has 2 atom stereocenters. The van der Waals surface area contributed by atoms with E-state index >= 15 is 0 Å². The maximum absolute atomic E-state index is 12.2. The van der Waals surface area contributed by atoms with Crippen LogP contribution < -0.4 is 0 Å². The van der Waals surface area contributed by atoms with Crippen molar-refractivity contribution in [1.29, 1.82) is 0 Å². The van der Waals surface area contributed by atoms with Crippen molar-refractivity contribution >= 4 is 11.6 Å². The van der Waals surface area contributed by atoms with Gasteiger partial charge in [-0.05, 0) is 25.7 Å². The summed E-state index contributed by atoms with van der Waals surface area (Å²) in [6, 6.07) is 0. The van der Waals surface area contributed by atoms with Gasteiger partial charge >= 0.3 is 0 Å². The maximum Gasteiger partial charge on any atom is 0.138 e. The summed E-state index contributed by atoms with van der Waals surface area (Å²) in [4.78, 5) is 24.0. The fourth-order valence-electron chi connectivity index (χ4n) is 2.97. The Labute approximate surface area is 112 Å². The van der Waals surface area contributed by atoms with Gasteiger partial charge in [-0.3, -0.25) is 9.59 Å². The van der Waals surface area contributed by atoms with Crippen LogP contribution >= 0.6 is 0 Å². The highest BCUT2D eigenvalue weighted by molar-refractivity contribution is 5.84. The van der Waals surface area contributed by atoms with Gasteiger partial charge in [-0.2, -0.15) is 0 Å². The molecule has 18 heavy (non-hydrogen) atoms. The molecule has 0 aromatic carbocycles. The topological polar surface area (TPSA) is 34.1 Å². The average Bonchev–Trinajstić information content (AvgIpc) is 2.87. The fourth-order valence-corrected chi connectivity index (χ4v) is 2.97. The summed E-state index contributed by atoms with van der Waals surface area (Å²) >= 11 is 0. The van der Waals surface area contributed by atoms with E-state index in [-0.39, 0.29) is 17.8 Å². The summed E-state index contributed by atoms with van der Waals surface area (Å²) in [5.41, 5.74) is 0. The molecule has 0 bridgehead atoms. The lowest BCUT2D eigenvalue weighted by Gasteiger charge is -2.18. The minimum Gasteiger partial charge on any atom is -0.299 e. The number of rotatable bonds is 7. The average molecular weight is 252 g/mol. The molecular formula is C16H28O2. The van der Waals surface area contributed by atoms with E-state index in [1.165, 1.54) is 12.8 Å². The third-order valence-electron chi connectivity index (χ3n) is 4.33. The summed E-state index contributed by atoms with van der Waals surface area (Å²) in [7, 11) is 0. The van der Waals surface area contributed by atoms with Gasteiger partial charge in [0.05, 0.1) is 0 Å². The summed E-state index contributed by atoms with van der Waals surface area (Å²) in [6.07, 6.45) is 6.33. The second-order valence-corrected chi connectivity index (χ2v) is 6.32. The molecule has 1 fully saturated rings. The molecule has 0 spiro atoms. The van der Waals surface area contributed by atoms with Crippen molar-refractivity contribution in [2.75, 3.05) is 0 Å². The highest BCUT2D eigenvalue weighted by Crippen LogP contribution is 2.29. The molecule has 0 aliphatic heterocycles. The minimum atomic E-state index is 0.101. The zero-order valence-electron chi connectivity index (χ0n) is 12.4. The Hall–Kier alpha value is -0.660. The van der Waals surface area contributed by atoms with E-state index in [9.17, 15) is 9.59 Å². The second kappa shape index (κ2) is 7.06. The summed E-state index contributed by atoms with van der Waals surface area (Å²) in [5.74, 6) is 1.43. The highest BCUT2D eigenvalue weighted by atomic mass is 16.1. The molecule has 104 valence electrons. The predicted molar refractivity (Wildman–Crippen MR) is 74.4 cm³/mol. The molecule has 1 saturated carbocycles. The van der Waals surface area contributed by atoms with Gasteiger partial charge in [0.15, 0.2) is 0 Å². The fraction of sp³-hybridized carbons (Fsp3) is 0.875. The number of carbonyl (C=O) groups is 2. The van der Waals surface area contributed by atoms with Crippen LogP contribution in [0.25, 0.3) is 0 Å². The Balaban J connectivity index is 2.33. The molecule has 2 heteroatoms.